The van der Waals surface area contributed by atoms with Gasteiger partial charge >= 0.3 is 5.97 Å². The van der Waals surface area contributed by atoms with Gasteiger partial charge < -0.3 is 40.1 Å². The first-order valence-corrected chi connectivity index (χ1v) is 17.8. The highest BCUT2D eigenvalue weighted by atomic mass is 16.5. The first kappa shape index (κ1) is 39.1. The van der Waals surface area contributed by atoms with Crippen molar-refractivity contribution in [1.29, 1.82) is 0 Å². The Morgan fingerprint density at radius 2 is 1.25 bits per heavy atom. The van der Waals surface area contributed by atoms with Gasteiger partial charge in [-0.05, 0) is 77.2 Å². The van der Waals surface area contributed by atoms with Crippen LogP contribution in [0, 0.1) is 0 Å². The summed E-state index contributed by atoms with van der Waals surface area (Å²) in [4.78, 5) is 11.7. The summed E-state index contributed by atoms with van der Waals surface area (Å²) in [5.41, 5.74) is 0.452. The Hall–Kier alpha value is -1.07. The second kappa shape index (κ2) is 22.5. The summed E-state index contributed by atoms with van der Waals surface area (Å²) in [5, 5.41) is 62.3. The van der Waals surface area contributed by atoms with E-state index in [0.717, 1.165) is 25.7 Å². The van der Waals surface area contributed by atoms with E-state index in [4.69, 9.17) is 9.47 Å². The van der Waals surface area contributed by atoms with Crippen LogP contribution in [0.5, 0.6) is 0 Å². The van der Waals surface area contributed by atoms with E-state index in [-0.39, 0.29) is 37.6 Å². The lowest BCUT2D eigenvalue weighted by Gasteiger charge is -2.23. The fraction of sp³-hybridized carbons (Fsp3) is 0.914. The highest BCUT2D eigenvalue weighted by Gasteiger charge is 2.31. The number of hydrogen-bond acceptors (Lipinski definition) is 9. The molecule has 2 aliphatic heterocycles. The summed E-state index contributed by atoms with van der Waals surface area (Å²) in [5.74, 6) is -0.410. The summed E-state index contributed by atoms with van der Waals surface area (Å²) in [7, 11) is 0. The smallest absolute Gasteiger partial charge is 0.334 e. The third-order valence-corrected chi connectivity index (χ3v) is 9.34. The molecule has 0 amide bonds. The standard InChI is InChI=1S/C35H64O9/c1-3-4-5-6-7-8-9-10-11-12-15-29(37)32(40)20-21-33(41)34-22-18-28(44-34)14-13-16-30(38)31(39)19-17-27(36)24-26-23-25(2)43-35(26)42/h23,25,27-34,36-41H,3-22,24H2,1-2H3/t25-,27+,28+,29+,30-,31+,32+,33-,34+/m0/s1. The van der Waals surface area contributed by atoms with Gasteiger partial charge in [0.2, 0.25) is 0 Å². The molecule has 9 nitrogen and oxygen atoms in total. The van der Waals surface area contributed by atoms with Gasteiger partial charge in [0.25, 0.3) is 0 Å². The molecular formula is C35H64O9. The molecule has 9 heteroatoms. The van der Waals surface area contributed by atoms with Crippen LogP contribution in [-0.2, 0) is 14.3 Å². The van der Waals surface area contributed by atoms with E-state index in [1.54, 1.807) is 13.0 Å². The molecule has 0 radical (unpaired) electrons. The molecule has 0 aromatic heterocycles. The largest absolute Gasteiger partial charge is 0.455 e. The highest BCUT2D eigenvalue weighted by Crippen LogP contribution is 2.28. The van der Waals surface area contributed by atoms with Crippen LogP contribution >= 0.6 is 0 Å². The molecular weight excluding hydrogens is 564 g/mol. The molecule has 0 aromatic rings. The first-order chi connectivity index (χ1) is 21.1. The Morgan fingerprint density at radius 1 is 0.705 bits per heavy atom. The van der Waals surface area contributed by atoms with Gasteiger partial charge in [-0.2, -0.15) is 0 Å². The molecule has 0 aromatic carbocycles. The zero-order chi connectivity index (χ0) is 32.3. The Labute approximate surface area is 266 Å². The van der Waals surface area contributed by atoms with E-state index < -0.39 is 42.6 Å². The molecule has 0 bridgehead atoms. The predicted octanol–water partition coefficient (Wildman–Crippen LogP) is 5.00. The minimum atomic E-state index is -0.959. The SMILES string of the molecule is CCCCCCCCCCCC[C@@H](O)[C@H](O)CC[C@H](O)[C@H]1CC[C@@H](CCC[C@H](O)[C@H](O)CC[C@@H](O)CC2=C[C@H](C)OC2=O)O1. The Kier molecular flexibility index (Phi) is 20.0. The van der Waals surface area contributed by atoms with Crippen molar-refractivity contribution in [2.24, 2.45) is 0 Å². The zero-order valence-corrected chi connectivity index (χ0v) is 27.5. The van der Waals surface area contributed by atoms with Crippen molar-refractivity contribution in [2.45, 2.75) is 204 Å². The summed E-state index contributed by atoms with van der Waals surface area (Å²) < 4.78 is 11.1. The molecule has 1 saturated heterocycles. The van der Waals surface area contributed by atoms with Crippen LogP contribution in [0.3, 0.4) is 0 Å². The molecule has 2 rings (SSSR count). The lowest BCUT2D eigenvalue weighted by Crippen LogP contribution is -2.31. The predicted molar refractivity (Wildman–Crippen MR) is 171 cm³/mol. The Morgan fingerprint density at radius 3 is 1.84 bits per heavy atom. The fourth-order valence-corrected chi connectivity index (χ4v) is 6.42. The van der Waals surface area contributed by atoms with Gasteiger partial charge in [-0.1, -0.05) is 71.1 Å². The van der Waals surface area contributed by atoms with E-state index >= 15 is 0 Å². The van der Waals surface area contributed by atoms with E-state index in [9.17, 15) is 35.4 Å². The summed E-state index contributed by atoms with van der Waals surface area (Å²) in [6, 6.07) is 0. The topological polar surface area (TPSA) is 157 Å². The maximum atomic E-state index is 11.7. The average molecular weight is 629 g/mol. The number of esters is 1. The van der Waals surface area contributed by atoms with Crippen LogP contribution in [0.1, 0.15) is 149 Å². The van der Waals surface area contributed by atoms with Crippen LogP contribution in [0.2, 0.25) is 0 Å². The normalized spacial score (nSPS) is 24.5. The minimum absolute atomic E-state index is 0.0190. The van der Waals surface area contributed by atoms with Crippen molar-refractivity contribution in [2.75, 3.05) is 0 Å². The van der Waals surface area contributed by atoms with Crippen molar-refractivity contribution in [3.8, 4) is 0 Å². The van der Waals surface area contributed by atoms with E-state index in [2.05, 4.69) is 6.92 Å². The van der Waals surface area contributed by atoms with Gasteiger partial charge in [-0.3, -0.25) is 0 Å². The van der Waals surface area contributed by atoms with Gasteiger partial charge in [0, 0.05) is 12.0 Å². The number of ether oxygens (including phenoxy) is 2. The van der Waals surface area contributed by atoms with Crippen molar-refractivity contribution in [1.82, 2.24) is 0 Å². The molecule has 0 unspecified atom stereocenters. The molecule has 6 N–H and O–H groups in total. The molecule has 2 aliphatic rings. The average Bonchev–Trinajstić information content (AvgIpc) is 3.60. The third-order valence-electron chi connectivity index (χ3n) is 9.34. The van der Waals surface area contributed by atoms with Gasteiger partial charge in [-0.15, -0.1) is 0 Å². The number of carbonyl (C=O) groups is 1. The van der Waals surface area contributed by atoms with E-state index in [1.807, 2.05) is 0 Å². The fourth-order valence-electron chi connectivity index (χ4n) is 6.42. The second-order valence-corrected chi connectivity index (χ2v) is 13.4. The van der Waals surface area contributed by atoms with Crippen molar-refractivity contribution in [3.05, 3.63) is 11.6 Å². The van der Waals surface area contributed by atoms with Crippen LogP contribution in [0.15, 0.2) is 11.6 Å². The zero-order valence-electron chi connectivity index (χ0n) is 27.5. The third kappa shape index (κ3) is 16.0. The van der Waals surface area contributed by atoms with Crippen LogP contribution in [0.4, 0.5) is 0 Å². The number of aliphatic hydroxyl groups is 6. The molecule has 1 fully saturated rings. The van der Waals surface area contributed by atoms with Crippen LogP contribution < -0.4 is 0 Å². The molecule has 44 heavy (non-hydrogen) atoms. The maximum Gasteiger partial charge on any atom is 0.334 e. The van der Waals surface area contributed by atoms with Gasteiger partial charge in [0.15, 0.2) is 0 Å². The maximum absolute atomic E-state index is 11.7. The monoisotopic (exact) mass is 628 g/mol. The summed E-state index contributed by atoms with van der Waals surface area (Å²) >= 11 is 0. The molecule has 0 aliphatic carbocycles. The Balaban J connectivity index is 1.50. The molecule has 2 heterocycles. The van der Waals surface area contributed by atoms with E-state index in [1.165, 1.54) is 51.4 Å². The number of carbonyl (C=O) groups excluding carboxylic acids is 1. The molecule has 0 saturated carbocycles. The molecule has 9 atom stereocenters. The number of hydrogen-bond donors (Lipinski definition) is 6. The number of rotatable bonds is 26. The lowest BCUT2D eigenvalue weighted by molar-refractivity contribution is -0.139. The van der Waals surface area contributed by atoms with Gasteiger partial charge in [-0.25, -0.2) is 4.79 Å². The quantitative estimate of drug-likeness (QED) is 0.0573. The lowest BCUT2D eigenvalue weighted by atomic mass is 9.97. The first-order valence-electron chi connectivity index (χ1n) is 17.8. The summed E-state index contributed by atoms with van der Waals surface area (Å²) in [6.45, 7) is 3.99. The summed E-state index contributed by atoms with van der Waals surface area (Å²) in [6.07, 6.45) is 13.8. The van der Waals surface area contributed by atoms with Crippen LogP contribution in [-0.4, -0.2) is 91.5 Å². The Bertz CT molecular complexity index is 790. The number of aliphatic hydroxyl groups excluding tert-OH is 6. The van der Waals surface area contributed by atoms with Crippen molar-refractivity contribution < 1.29 is 44.9 Å². The van der Waals surface area contributed by atoms with Gasteiger partial charge in [0.05, 0.1) is 48.8 Å². The van der Waals surface area contributed by atoms with Crippen molar-refractivity contribution >= 4 is 5.97 Å². The second-order valence-electron chi connectivity index (χ2n) is 13.4. The van der Waals surface area contributed by atoms with Crippen molar-refractivity contribution in [3.63, 3.8) is 0 Å². The number of cyclic esters (lactones) is 1. The minimum Gasteiger partial charge on any atom is -0.455 e. The highest BCUT2D eigenvalue weighted by molar-refractivity contribution is 5.90. The van der Waals surface area contributed by atoms with Crippen LogP contribution in [0.25, 0.3) is 0 Å². The van der Waals surface area contributed by atoms with Gasteiger partial charge in [0.1, 0.15) is 6.10 Å². The molecule has 0 spiro atoms. The number of unbranched alkanes of at least 4 members (excludes halogenated alkanes) is 9. The van der Waals surface area contributed by atoms with E-state index in [0.29, 0.717) is 44.1 Å². The molecule has 258 valence electrons.